The normalized spacial score (nSPS) is 9.90. The van der Waals surface area contributed by atoms with Gasteiger partial charge in [0.15, 0.2) is 0 Å². The number of nitrogens with one attached hydrogen (secondary N) is 2. The van der Waals surface area contributed by atoms with E-state index in [1.165, 1.54) is 30.4 Å². The first-order chi connectivity index (χ1) is 10.3. The molecule has 0 saturated heterocycles. The third-order valence-corrected chi connectivity index (χ3v) is 3.46. The zero-order chi connectivity index (χ0) is 14.9. The summed E-state index contributed by atoms with van der Waals surface area (Å²) in [5.41, 5.74) is 5.93. The number of hydrazine groups is 1. The van der Waals surface area contributed by atoms with Crippen molar-refractivity contribution in [2.24, 2.45) is 0 Å². The summed E-state index contributed by atoms with van der Waals surface area (Å²) >= 11 is 1.47. The Morgan fingerprint density at radius 2 is 1.90 bits per heavy atom. The van der Waals surface area contributed by atoms with Gasteiger partial charge in [-0.1, -0.05) is 30.3 Å². The number of thioether (sulfide) groups is 1. The van der Waals surface area contributed by atoms with Crippen molar-refractivity contribution in [2.45, 2.75) is 5.75 Å². The summed E-state index contributed by atoms with van der Waals surface area (Å²) in [5, 5.41) is 0. The number of carbonyl (C=O) groups is 2. The van der Waals surface area contributed by atoms with E-state index in [1.807, 2.05) is 30.3 Å². The fourth-order valence-corrected chi connectivity index (χ4v) is 2.27. The van der Waals surface area contributed by atoms with E-state index in [4.69, 9.17) is 0 Å². The maximum atomic E-state index is 11.6. The molecule has 2 rings (SSSR count). The van der Waals surface area contributed by atoms with E-state index in [2.05, 4.69) is 20.8 Å². The highest BCUT2D eigenvalue weighted by atomic mass is 32.2. The number of rotatable bonds is 5. The number of amides is 2. The van der Waals surface area contributed by atoms with Crippen LogP contribution in [0.15, 0.2) is 48.9 Å². The number of hydrogen-bond donors (Lipinski definition) is 2. The van der Waals surface area contributed by atoms with Crippen LogP contribution in [0.1, 0.15) is 16.1 Å². The molecule has 0 bridgehead atoms. The molecule has 0 saturated carbocycles. The van der Waals surface area contributed by atoms with Crippen LogP contribution >= 0.6 is 11.8 Å². The summed E-state index contributed by atoms with van der Waals surface area (Å²) in [6.07, 6.45) is 4.20. The van der Waals surface area contributed by atoms with Gasteiger partial charge < -0.3 is 0 Å². The lowest BCUT2D eigenvalue weighted by atomic mass is 10.2. The molecule has 1 aromatic carbocycles. The minimum atomic E-state index is -0.496. The lowest BCUT2D eigenvalue weighted by Gasteiger charge is -2.06. The molecule has 0 spiro atoms. The molecule has 108 valence electrons. The van der Waals surface area contributed by atoms with Crippen molar-refractivity contribution < 1.29 is 9.59 Å². The number of nitrogens with zero attached hydrogens (tertiary/aromatic N) is 2. The summed E-state index contributed by atoms with van der Waals surface area (Å²) in [6, 6.07) is 9.86. The molecule has 0 unspecified atom stereocenters. The molecule has 2 aromatic rings. The van der Waals surface area contributed by atoms with Crippen molar-refractivity contribution in [3.8, 4) is 0 Å². The van der Waals surface area contributed by atoms with Gasteiger partial charge in [-0.15, -0.1) is 11.8 Å². The van der Waals surface area contributed by atoms with Crippen molar-refractivity contribution in [3.05, 3.63) is 60.2 Å². The van der Waals surface area contributed by atoms with Gasteiger partial charge in [-0.3, -0.25) is 25.4 Å². The quantitative estimate of drug-likeness (QED) is 0.810. The predicted octanol–water partition coefficient (Wildman–Crippen LogP) is 1.17. The molecule has 2 amide bonds. The van der Waals surface area contributed by atoms with E-state index in [0.717, 1.165) is 11.3 Å². The van der Waals surface area contributed by atoms with Crippen molar-refractivity contribution in [3.63, 3.8) is 0 Å². The SMILES string of the molecule is O=C(CSCc1ccccc1)NNC(=O)c1cnccn1. The van der Waals surface area contributed by atoms with E-state index in [0.29, 0.717) is 0 Å². The highest BCUT2D eigenvalue weighted by Crippen LogP contribution is 2.10. The van der Waals surface area contributed by atoms with Crippen LogP contribution in [0.3, 0.4) is 0 Å². The van der Waals surface area contributed by atoms with Crippen molar-refractivity contribution in [1.82, 2.24) is 20.8 Å². The highest BCUT2D eigenvalue weighted by molar-refractivity contribution is 7.99. The van der Waals surface area contributed by atoms with E-state index in [-0.39, 0.29) is 17.4 Å². The first-order valence-electron chi connectivity index (χ1n) is 6.22. The van der Waals surface area contributed by atoms with Gasteiger partial charge in [-0.05, 0) is 5.56 Å². The Balaban J connectivity index is 1.67. The standard InChI is InChI=1S/C14H14N4O2S/c19-13(10-21-9-11-4-2-1-3-5-11)17-18-14(20)12-8-15-6-7-16-12/h1-8H,9-10H2,(H,17,19)(H,18,20). The third kappa shape index (κ3) is 5.23. The maximum absolute atomic E-state index is 11.6. The summed E-state index contributed by atoms with van der Waals surface area (Å²) in [5.74, 6) is 0.236. The smallest absolute Gasteiger partial charge is 0.272 e. The van der Waals surface area contributed by atoms with Crippen molar-refractivity contribution in [2.75, 3.05) is 5.75 Å². The second-order valence-corrected chi connectivity index (χ2v) is 5.06. The molecule has 0 aliphatic rings. The van der Waals surface area contributed by atoms with E-state index < -0.39 is 5.91 Å². The molecule has 0 aliphatic heterocycles. The molecule has 2 N–H and O–H groups in total. The molecule has 1 aromatic heterocycles. The molecule has 21 heavy (non-hydrogen) atoms. The molecule has 0 radical (unpaired) electrons. The summed E-state index contributed by atoms with van der Waals surface area (Å²) < 4.78 is 0. The Morgan fingerprint density at radius 1 is 1.10 bits per heavy atom. The third-order valence-electron chi connectivity index (χ3n) is 2.46. The Labute approximate surface area is 126 Å². The molecule has 6 nitrogen and oxygen atoms in total. The van der Waals surface area contributed by atoms with E-state index >= 15 is 0 Å². The second-order valence-electron chi connectivity index (χ2n) is 4.07. The number of aromatic nitrogens is 2. The van der Waals surface area contributed by atoms with E-state index in [1.54, 1.807) is 0 Å². The second kappa shape index (κ2) is 8.01. The first-order valence-corrected chi connectivity index (χ1v) is 7.38. The highest BCUT2D eigenvalue weighted by Gasteiger charge is 2.08. The van der Waals surface area contributed by atoms with Crippen LogP contribution in [0.5, 0.6) is 0 Å². The van der Waals surface area contributed by atoms with Gasteiger partial charge >= 0.3 is 0 Å². The average molecular weight is 302 g/mol. The molecular formula is C14H14N4O2S. The molecule has 1 heterocycles. The van der Waals surface area contributed by atoms with Gasteiger partial charge in [0.1, 0.15) is 5.69 Å². The Kier molecular flexibility index (Phi) is 5.71. The van der Waals surface area contributed by atoms with Crippen LogP contribution in [-0.4, -0.2) is 27.5 Å². The first kappa shape index (κ1) is 15.0. The van der Waals surface area contributed by atoms with Crippen molar-refractivity contribution in [1.29, 1.82) is 0 Å². The van der Waals surface area contributed by atoms with E-state index in [9.17, 15) is 9.59 Å². The molecule has 0 atom stereocenters. The maximum Gasteiger partial charge on any atom is 0.289 e. The fourth-order valence-electron chi connectivity index (χ4n) is 1.48. The largest absolute Gasteiger partial charge is 0.289 e. The van der Waals surface area contributed by atoms with Gasteiger partial charge in [-0.25, -0.2) is 4.98 Å². The van der Waals surface area contributed by atoms with Crippen molar-refractivity contribution >= 4 is 23.6 Å². The minimum absolute atomic E-state index is 0.148. The van der Waals surface area contributed by atoms with Crippen LogP contribution in [0.2, 0.25) is 0 Å². The summed E-state index contributed by atoms with van der Waals surface area (Å²) in [7, 11) is 0. The van der Waals surface area contributed by atoms with Crippen LogP contribution in [0.25, 0.3) is 0 Å². The van der Waals surface area contributed by atoms with Crippen LogP contribution < -0.4 is 10.9 Å². The molecule has 7 heteroatoms. The zero-order valence-corrected chi connectivity index (χ0v) is 12.0. The Morgan fingerprint density at radius 3 is 2.62 bits per heavy atom. The zero-order valence-electron chi connectivity index (χ0n) is 11.2. The topological polar surface area (TPSA) is 84.0 Å². The fraction of sp³-hybridized carbons (Fsp3) is 0.143. The Hall–Kier alpha value is -2.41. The molecule has 0 fully saturated rings. The van der Waals surface area contributed by atoms with Crippen LogP contribution in [0, 0.1) is 0 Å². The average Bonchev–Trinajstić information content (AvgIpc) is 2.54. The molecular weight excluding hydrogens is 288 g/mol. The predicted molar refractivity (Wildman–Crippen MR) is 80.2 cm³/mol. The molecule has 0 aliphatic carbocycles. The summed E-state index contributed by atoms with van der Waals surface area (Å²) in [6.45, 7) is 0. The Bertz CT molecular complexity index is 592. The number of hydrogen-bond acceptors (Lipinski definition) is 5. The van der Waals surface area contributed by atoms with Gasteiger partial charge in [0.05, 0.1) is 11.9 Å². The van der Waals surface area contributed by atoms with Gasteiger partial charge in [0.2, 0.25) is 5.91 Å². The van der Waals surface area contributed by atoms with Crippen LogP contribution in [0.4, 0.5) is 0 Å². The van der Waals surface area contributed by atoms with Crippen LogP contribution in [-0.2, 0) is 10.5 Å². The lowest BCUT2D eigenvalue weighted by Crippen LogP contribution is -2.42. The van der Waals surface area contributed by atoms with Gasteiger partial charge in [0.25, 0.3) is 5.91 Å². The van der Waals surface area contributed by atoms with Gasteiger partial charge in [0, 0.05) is 18.1 Å². The monoisotopic (exact) mass is 302 g/mol. The number of carbonyl (C=O) groups excluding carboxylic acids is 2. The lowest BCUT2D eigenvalue weighted by molar-refractivity contribution is -0.119. The van der Waals surface area contributed by atoms with Gasteiger partial charge in [-0.2, -0.15) is 0 Å². The number of benzene rings is 1. The summed E-state index contributed by atoms with van der Waals surface area (Å²) in [4.78, 5) is 30.8. The minimum Gasteiger partial charge on any atom is -0.272 e.